The summed E-state index contributed by atoms with van der Waals surface area (Å²) in [7, 11) is 0. The maximum atomic E-state index is 10.4. The highest BCUT2D eigenvalue weighted by Gasteiger charge is 2.27. The van der Waals surface area contributed by atoms with Crippen molar-refractivity contribution in [2.75, 3.05) is 26.2 Å². The Balaban J connectivity index is 1.99. The number of nitrogens with zero attached hydrogens (tertiary/aromatic N) is 1. The van der Waals surface area contributed by atoms with Crippen LogP contribution in [0.1, 0.15) is 18.9 Å². The number of benzene rings is 1. The van der Waals surface area contributed by atoms with E-state index in [0.717, 1.165) is 31.6 Å². The molecule has 0 bridgehead atoms. The third kappa shape index (κ3) is 4.09. The summed E-state index contributed by atoms with van der Waals surface area (Å²) in [4.78, 5) is 2.32. The fraction of sp³-hybridized carbons (Fsp3) is 0.600. The zero-order valence-electron chi connectivity index (χ0n) is 11.7. The number of aliphatic hydroxyl groups excluding tert-OH is 1. The summed E-state index contributed by atoms with van der Waals surface area (Å²) >= 11 is 12.3. The summed E-state index contributed by atoms with van der Waals surface area (Å²) < 4.78 is 5.69. The Hall–Kier alpha value is -0.320. The van der Waals surface area contributed by atoms with E-state index in [0.29, 0.717) is 23.1 Å². The molecular formula is C15H21Cl2NO2. The predicted molar refractivity (Wildman–Crippen MR) is 82.6 cm³/mol. The molecule has 2 rings (SSSR count). The van der Waals surface area contributed by atoms with Gasteiger partial charge in [-0.2, -0.15) is 0 Å². The van der Waals surface area contributed by atoms with Crippen LogP contribution >= 0.6 is 23.2 Å². The van der Waals surface area contributed by atoms with Gasteiger partial charge in [0.25, 0.3) is 0 Å². The summed E-state index contributed by atoms with van der Waals surface area (Å²) in [5.41, 5.74) is 0.791. The molecule has 0 aromatic heterocycles. The van der Waals surface area contributed by atoms with Gasteiger partial charge in [0.1, 0.15) is 0 Å². The van der Waals surface area contributed by atoms with E-state index in [9.17, 15) is 5.11 Å². The van der Waals surface area contributed by atoms with Gasteiger partial charge in [-0.25, -0.2) is 0 Å². The number of aliphatic hydroxyl groups is 1. The van der Waals surface area contributed by atoms with Crippen LogP contribution in [0.2, 0.25) is 10.0 Å². The number of rotatable bonds is 5. The number of halogens is 2. The summed E-state index contributed by atoms with van der Waals surface area (Å²) in [6.07, 6.45) is 0.761. The van der Waals surface area contributed by atoms with Gasteiger partial charge in [-0.05, 0) is 30.7 Å². The van der Waals surface area contributed by atoms with Crippen LogP contribution in [-0.4, -0.2) is 48.5 Å². The normalized spacial score (nSPS) is 21.9. The first-order valence-corrected chi connectivity index (χ1v) is 7.82. The van der Waals surface area contributed by atoms with Crippen molar-refractivity contribution in [2.24, 2.45) is 0 Å². The molecule has 0 aliphatic carbocycles. The van der Waals surface area contributed by atoms with E-state index < -0.39 is 6.10 Å². The van der Waals surface area contributed by atoms with E-state index in [1.54, 1.807) is 18.2 Å². The lowest BCUT2D eigenvalue weighted by molar-refractivity contribution is -0.0877. The fourth-order valence-corrected chi connectivity index (χ4v) is 3.10. The van der Waals surface area contributed by atoms with E-state index in [1.165, 1.54) is 0 Å². The minimum Gasteiger partial charge on any atom is -0.390 e. The van der Waals surface area contributed by atoms with Crippen molar-refractivity contribution in [3.63, 3.8) is 0 Å². The van der Waals surface area contributed by atoms with Crippen molar-refractivity contribution in [3.05, 3.63) is 33.8 Å². The average molecular weight is 318 g/mol. The van der Waals surface area contributed by atoms with Crippen LogP contribution in [-0.2, 0) is 11.2 Å². The molecule has 0 radical (unpaired) electrons. The first kappa shape index (κ1) is 16.1. The molecule has 5 heteroatoms. The van der Waals surface area contributed by atoms with Crippen LogP contribution in [0, 0.1) is 0 Å². The standard InChI is InChI=1S/C15H21Cl2NO2/c1-2-6-18-7-8-20-15(10-18)14(19)9-11-12(16)4-3-5-13(11)17/h3-5,14-15,19H,2,6-10H2,1H3. The van der Waals surface area contributed by atoms with Crippen molar-refractivity contribution in [1.29, 1.82) is 0 Å². The molecule has 3 nitrogen and oxygen atoms in total. The number of hydrogen-bond acceptors (Lipinski definition) is 3. The van der Waals surface area contributed by atoms with Crippen molar-refractivity contribution in [3.8, 4) is 0 Å². The second-order valence-corrected chi connectivity index (χ2v) is 6.00. The molecule has 2 unspecified atom stereocenters. The van der Waals surface area contributed by atoms with E-state index in [4.69, 9.17) is 27.9 Å². The first-order valence-electron chi connectivity index (χ1n) is 7.06. The lowest BCUT2D eigenvalue weighted by Gasteiger charge is -2.35. The van der Waals surface area contributed by atoms with Crippen molar-refractivity contribution >= 4 is 23.2 Å². The summed E-state index contributed by atoms with van der Waals surface area (Å²) in [6, 6.07) is 5.39. The average Bonchev–Trinajstić information content (AvgIpc) is 2.43. The minimum absolute atomic E-state index is 0.178. The third-order valence-electron chi connectivity index (χ3n) is 3.62. The molecule has 0 saturated carbocycles. The molecule has 1 N–H and O–H groups in total. The van der Waals surface area contributed by atoms with Crippen LogP contribution in [0.25, 0.3) is 0 Å². The molecule has 1 aromatic rings. The molecule has 1 heterocycles. The Morgan fingerprint density at radius 2 is 2.10 bits per heavy atom. The van der Waals surface area contributed by atoms with E-state index in [-0.39, 0.29) is 6.10 Å². The van der Waals surface area contributed by atoms with Gasteiger partial charge in [0, 0.05) is 29.6 Å². The Morgan fingerprint density at radius 3 is 2.75 bits per heavy atom. The van der Waals surface area contributed by atoms with Crippen LogP contribution in [0.15, 0.2) is 18.2 Å². The second-order valence-electron chi connectivity index (χ2n) is 5.18. The molecule has 20 heavy (non-hydrogen) atoms. The Kier molecular flexibility index (Phi) is 6.12. The SMILES string of the molecule is CCCN1CCOC(C(O)Cc2c(Cl)cccc2Cl)C1. The van der Waals surface area contributed by atoms with Gasteiger partial charge in [-0.15, -0.1) is 0 Å². The molecule has 2 atom stereocenters. The van der Waals surface area contributed by atoms with Crippen LogP contribution < -0.4 is 0 Å². The van der Waals surface area contributed by atoms with Gasteiger partial charge in [0.05, 0.1) is 18.8 Å². The highest BCUT2D eigenvalue weighted by molar-refractivity contribution is 6.35. The molecule has 1 aliphatic heterocycles. The molecule has 0 amide bonds. The van der Waals surface area contributed by atoms with Crippen LogP contribution in [0.4, 0.5) is 0 Å². The smallest absolute Gasteiger partial charge is 0.0964 e. The summed E-state index contributed by atoms with van der Waals surface area (Å²) in [6.45, 7) is 5.56. The van der Waals surface area contributed by atoms with Gasteiger partial charge in [0.15, 0.2) is 0 Å². The van der Waals surface area contributed by atoms with Gasteiger partial charge in [-0.1, -0.05) is 36.2 Å². The maximum Gasteiger partial charge on any atom is 0.0964 e. The van der Waals surface area contributed by atoms with Gasteiger partial charge in [0.2, 0.25) is 0 Å². The third-order valence-corrected chi connectivity index (χ3v) is 4.33. The van der Waals surface area contributed by atoms with Gasteiger partial charge < -0.3 is 9.84 Å². The molecule has 1 fully saturated rings. The highest BCUT2D eigenvalue weighted by Crippen LogP contribution is 2.26. The quantitative estimate of drug-likeness (QED) is 0.906. The van der Waals surface area contributed by atoms with E-state index >= 15 is 0 Å². The van der Waals surface area contributed by atoms with Crippen molar-refractivity contribution < 1.29 is 9.84 Å². The predicted octanol–water partition coefficient (Wildman–Crippen LogP) is 3.01. The molecule has 1 aromatic carbocycles. The largest absolute Gasteiger partial charge is 0.390 e. The van der Waals surface area contributed by atoms with Crippen LogP contribution in [0.3, 0.4) is 0 Å². The monoisotopic (exact) mass is 317 g/mol. The lowest BCUT2D eigenvalue weighted by Crippen LogP contribution is -2.48. The summed E-state index contributed by atoms with van der Waals surface area (Å²) in [5.74, 6) is 0. The zero-order valence-corrected chi connectivity index (χ0v) is 13.2. The van der Waals surface area contributed by atoms with Crippen molar-refractivity contribution in [2.45, 2.75) is 32.0 Å². The topological polar surface area (TPSA) is 32.7 Å². The number of ether oxygens (including phenoxy) is 1. The van der Waals surface area contributed by atoms with Crippen LogP contribution in [0.5, 0.6) is 0 Å². The zero-order chi connectivity index (χ0) is 14.5. The van der Waals surface area contributed by atoms with Gasteiger partial charge in [-0.3, -0.25) is 4.90 Å². The Morgan fingerprint density at radius 1 is 1.40 bits per heavy atom. The minimum atomic E-state index is -0.591. The first-order chi connectivity index (χ1) is 9.61. The summed E-state index contributed by atoms with van der Waals surface area (Å²) in [5, 5.41) is 11.6. The van der Waals surface area contributed by atoms with Crippen molar-refractivity contribution in [1.82, 2.24) is 4.90 Å². The lowest BCUT2D eigenvalue weighted by atomic mass is 10.0. The van der Waals surface area contributed by atoms with Gasteiger partial charge >= 0.3 is 0 Å². The fourth-order valence-electron chi connectivity index (χ4n) is 2.55. The molecule has 1 aliphatic rings. The maximum absolute atomic E-state index is 10.4. The number of morpholine rings is 1. The Labute approximate surface area is 130 Å². The number of hydrogen-bond donors (Lipinski definition) is 1. The molecule has 112 valence electrons. The molecular weight excluding hydrogens is 297 g/mol. The molecule has 1 saturated heterocycles. The van der Waals surface area contributed by atoms with E-state index in [2.05, 4.69) is 11.8 Å². The van der Waals surface area contributed by atoms with E-state index in [1.807, 2.05) is 0 Å². The molecule has 0 spiro atoms. The second kappa shape index (κ2) is 7.62. The highest BCUT2D eigenvalue weighted by atomic mass is 35.5. The Bertz CT molecular complexity index is 420.